The van der Waals surface area contributed by atoms with Gasteiger partial charge < -0.3 is 19.1 Å². The molecule has 0 N–H and O–H groups in total. The third-order valence-corrected chi connectivity index (χ3v) is 11.9. The van der Waals surface area contributed by atoms with Gasteiger partial charge in [0.1, 0.15) is 40.7 Å². The van der Waals surface area contributed by atoms with Gasteiger partial charge in [-0.25, -0.2) is 14.2 Å². The van der Waals surface area contributed by atoms with Crippen LogP contribution in [0.2, 0.25) is 0 Å². The second kappa shape index (κ2) is 12.3. The molecule has 7 heterocycles. The van der Waals surface area contributed by atoms with Crippen LogP contribution >= 0.6 is 0 Å². The third-order valence-electron chi connectivity index (χ3n) is 11.9. The van der Waals surface area contributed by atoms with Gasteiger partial charge in [0.15, 0.2) is 5.82 Å². The molecule has 274 valence electrons. The van der Waals surface area contributed by atoms with Crippen molar-refractivity contribution < 1.29 is 23.4 Å². The van der Waals surface area contributed by atoms with Gasteiger partial charge in [0, 0.05) is 29.6 Å². The van der Waals surface area contributed by atoms with Crippen molar-refractivity contribution in [1.82, 2.24) is 24.8 Å². The number of piperazine rings is 1. The molecule has 2 bridgehead atoms. The summed E-state index contributed by atoms with van der Waals surface area (Å²) < 4.78 is 36.8. The van der Waals surface area contributed by atoms with Crippen molar-refractivity contribution in [2.75, 3.05) is 31.1 Å². The maximum atomic E-state index is 17.4. The van der Waals surface area contributed by atoms with E-state index in [4.69, 9.17) is 35.6 Å². The summed E-state index contributed by atoms with van der Waals surface area (Å²) in [6.45, 7) is 14.7. The average molecular weight is 717 g/mol. The maximum Gasteiger partial charge on any atom is 0.410 e. The summed E-state index contributed by atoms with van der Waals surface area (Å²) in [4.78, 5) is 35.2. The van der Waals surface area contributed by atoms with Crippen molar-refractivity contribution in [1.29, 1.82) is 0 Å². The molecule has 10 nitrogen and oxygen atoms in total. The van der Waals surface area contributed by atoms with E-state index in [1.807, 2.05) is 62.1 Å². The average Bonchev–Trinajstić information content (AvgIpc) is 3.74. The number of carbonyl (C=O) groups excluding carboxylic acids is 1. The fraction of sp³-hybridized carbons (Fsp3) is 0.476. The van der Waals surface area contributed by atoms with E-state index in [0.29, 0.717) is 41.9 Å². The highest BCUT2D eigenvalue weighted by atomic mass is 19.1. The zero-order valence-electron chi connectivity index (χ0n) is 30.8. The van der Waals surface area contributed by atoms with Crippen LogP contribution in [0.5, 0.6) is 11.9 Å². The number of rotatable bonds is 5. The first-order valence-corrected chi connectivity index (χ1v) is 18.9. The monoisotopic (exact) mass is 716 g/mol. The molecular formula is C42H45FN6O4. The highest BCUT2D eigenvalue weighted by Gasteiger charge is 2.54. The number of anilines is 1. The van der Waals surface area contributed by atoms with Crippen LogP contribution in [0.15, 0.2) is 48.6 Å². The largest absolute Gasteiger partial charge is 0.471 e. The molecule has 9 rings (SSSR count). The van der Waals surface area contributed by atoms with Crippen molar-refractivity contribution in [3.8, 4) is 35.5 Å². The maximum absolute atomic E-state index is 17.4. The standard InChI is InChI=1S/C42H45FN6O4/c1-7-25-12-9-13-26-14-10-15-28(31(25)26)34-33(43)35-32-37(46-39(45-35)51-23-42-18-11-19-47(42)21-24(3)20-42)48-22-27-16-17-29(49(27)40(50)53-41(4,5)6)36(48)30(8-2)52-38(32)44-34/h1,9-10,12-15,27,29-30,36H,3,8,11,16-23H2,2,4-6H3/t27-,29+,30?,36+,42?/m1/s1. The molecular weight excluding hydrogens is 671 g/mol. The highest BCUT2D eigenvalue weighted by molar-refractivity contribution is 6.03. The van der Waals surface area contributed by atoms with Gasteiger partial charge in [-0.15, -0.1) is 6.42 Å². The molecule has 0 saturated carbocycles. The summed E-state index contributed by atoms with van der Waals surface area (Å²) in [5, 5.41) is 2.00. The molecule has 5 aliphatic heterocycles. The molecule has 4 aromatic rings. The van der Waals surface area contributed by atoms with Gasteiger partial charge in [0.25, 0.3) is 0 Å². The molecule has 2 unspecified atom stereocenters. The molecule has 0 radical (unpaired) electrons. The van der Waals surface area contributed by atoms with Crippen LogP contribution in [0.1, 0.15) is 71.8 Å². The van der Waals surface area contributed by atoms with E-state index in [-0.39, 0.29) is 52.9 Å². The van der Waals surface area contributed by atoms with Crippen molar-refractivity contribution >= 4 is 33.6 Å². The first-order chi connectivity index (χ1) is 25.5. The summed E-state index contributed by atoms with van der Waals surface area (Å²) in [6.07, 6.45) is 10.4. The van der Waals surface area contributed by atoms with E-state index in [9.17, 15) is 4.79 Å². The van der Waals surface area contributed by atoms with E-state index in [1.165, 1.54) is 5.57 Å². The molecule has 2 aromatic carbocycles. The smallest absolute Gasteiger partial charge is 0.410 e. The van der Waals surface area contributed by atoms with Crippen LogP contribution in [0.3, 0.4) is 0 Å². The summed E-state index contributed by atoms with van der Waals surface area (Å²) in [5.74, 6) is 2.94. The number of hydrogen-bond acceptors (Lipinski definition) is 9. The SMILES string of the molecule is C#Cc1cccc2cccc(-c3nc4c5c(nc(OCC67CCCN6CC(=C)C7)nc5c3F)N3C[C@H]5CC[C@@H]([C@H]3C(CC)O4)N5C(=O)OC(C)(C)C)c12. The molecule has 4 saturated heterocycles. The Morgan fingerprint density at radius 1 is 1.15 bits per heavy atom. The van der Waals surface area contributed by atoms with E-state index >= 15 is 4.39 Å². The first-order valence-electron chi connectivity index (χ1n) is 18.9. The zero-order valence-corrected chi connectivity index (χ0v) is 30.8. The molecule has 2 aromatic heterocycles. The minimum Gasteiger partial charge on any atom is -0.471 e. The van der Waals surface area contributed by atoms with Crippen LogP contribution in [-0.4, -0.2) is 92.5 Å². The van der Waals surface area contributed by atoms with Crippen LogP contribution in [-0.2, 0) is 4.74 Å². The van der Waals surface area contributed by atoms with Crippen molar-refractivity contribution in [2.24, 2.45) is 0 Å². The minimum atomic E-state index is -0.641. The fourth-order valence-electron chi connectivity index (χ4n) is 9.74. The Hall–Kier alpha value is -4.95. The number of benzene rings is 2. The number of amides is 1. The Morgan fingerprint density at radius 3 is 2.74 bits per heavy atom. The number of hydrogen-bond donors (Lipinski definition) is 0. The molecule has 0 spiro atoms. The lowest BCUT2D eigenvalue weighted by molar-refractivity contribution is -0.000587. The second-order valence-corrected chi connectivity index (χ2v) is 16.3. The Balaban J connectivity index is 1.22. The van der Waals surface area contributed by atoms with Crippen LogP contribution in [0, 0.1) is 18.2 Å². The lowest BCUT2D eigenvalue weighted by atomic mass is 9.94. The van der Waals surface area contributed by atoms with Gasteiger partial charge in [-0.1, -0.05) is 55.3 Å². The van der Waals surface area contributed by atoms with E-state index < -0.39 is 17.5 Å². The molecule has 53 heavy (non-hydrogen) atoms. The fourth-order valence-corrected chi connectivity index (χ4v) is 9.74. The summed E-state index contributed by atoms with van der Waals surface area (Å²) in [5.41, 5.74) is 1.73. The predicted octanol–water partition coefficient (Wildman–Crippen LogP) is 7.27. The Bertz CT molecular complexity index is 2220. The van der Waals surface area contributed by atoms with Gasteiger partial charge in [0.05, 0.1) is 23.7 Å². The zero-order chi connectivity index (χ0) is 36.8. The number of pyridine rings is 1. The number of fused-ring (bicyclic) bond motifs is 7. The van der Waals surface area contributed by atoms with E-state index in [1.54, 1.807) is 0 Å². The third kappa shape index (κ3) is 5.39. The van der Waals surface area contributed by atoms with E-state index in [2.05, 4.69) is 29.2 Å². The van der Waals surface area contributed by atoms with Gasteiger partial charge >= 0.3 is 12.1 Å². The van der Waals surface area contributed by atoms with Gasteiger partial charge in [0.2, 0.25) is 5.88 Å². The van der Waals surface area contributed by atoms with Gasteiger partial charge in [-0.2, -0.15) is 9.97 Å². The molecule has 0 aliphatic carbocycles. The molecule has 4 fully saturated rings. The van der Waals surface area contributed by atoms with Crippen molar-refractivity contribution in [3.05, 3.63) is 59.9 Å². The van der Waals surface area contributed by atoms with E-state index in [0.717, 1.165) is 56.0 Å². The number of aromatic nitrogens is 3. The quantitative estimate of drug-likeness (QED) is 0.156. The predicted molar refractivity (Wildman–Crippen MR) is 202 cm³/mol. The molecule has 11 heteroatoms. The lowest BCUT2D eigenvalue weighted by Crippen LogP contribution is -2.65. The van der Waals surface area contributed by atoms with Crippen molar-refractivity contribution in [2.45, 2.75) is 102 Å². The Morgan fingerprint density at radius 2 is 1.96 bits per heavy atom. The molecule has 5 aliphatic rings. The summed E-state index contributed by atoms with van der Waals surface area (Å²) in [6, 6.07) is 10.8. The van der Waals surface area contributed by atoms with Crippen molar-refractivity contribution in [3.63, 3.8) is 0 Å². The number of terminal acetylenes is 1. The lowest BCUT2D eigenvalue weighted by Gasteiger charge is -2.48. The number of halogens is 1. The van der Waals surface area contributed by atoms with Crippen LogP contribution < -0.4 is 14.4 Å². The highest BCUT2D eigenvalue weighted by Crippen LogP contribution is 2.48. The Kier molecular flexibility index (Phi) is 7.86. The van der Waals surface area contributed by atoms with Gasteiger partial charge in [-0.05, 0) is 77.3 Å². The Labute approximate surface area is 309 Å². The number of nitrogens with zero attached hydrogens (tertiary/aromatic N) is 6. The normalized spacial score (nSPS) is 26.3. The molecule has 5 atom stereocenters. The summed E-state index contributed by atoms with van der Waals surface area (Å²) >= 11 is 0. The first kappa shape index (κ1) is 33.9. The van der Waals surface area contributed by atoms with Crippen LogP contribution in [0.4, 0.5) is 15.0 Å². The minimum absolute atomic E-state index is 0.0780. The second-order valence-electron chi connectivity index (χ2n) is 16.3. The molecule has 1 amide bonds. The topological polar surface area (TPSA) is 93.2 Å². The van der Waals surface area contributed by atoms with Crippen LogP contribution in [0.25, 0.3) is 32.9 Å². The number of ether oxygens (including phenoxy) is 3. The van der Waals surface area contributed by atoms with Gasteiger partial charge in [-0.3, -0.25) is 9.80 Å². The summed E-state index contributed by atoms with van der Waals surface area (Å²) in [7, 11) is 0. The number of carbonyl (C=O) groups is 1.